The van der Waals surface area contributed by atoms with Crippen LogP contribution in [-0.2, 0) is 0 Å². The molecule has 7 heteroatoms. The summed E-state index contributed by atoms with van der Waals surface area (Å²) in [6.45, 7) is 7.60. The first-order chi connectivity index (χ1) is 15.4. The molecule has 0 bridgehead atoms. The number of rotatable bonds is 7. The lowest BCUT2D eigenvalue weighted by Gasteiger charge is -2.31. The quantitative estimate of drug-likeness (QED) is 0.445. The van der Waals surface area contributed by atoms with Crippen molar-refractivity contribution in [1.29, 1.82) is 5.26 Å². The van der Waals surface area contributed by atoms with Gasteiger partial charge in [-0.2, -0.15) is 5.26 Å². The maximum atomic E-state index is 10.9. The Morgan fingerprint density at radius 2 is 2.25 bits per heavy atom. The van der Waals surface area contributed by atoms with E-state index in [0.29, 0.717) is 12.5 Å². The van der Waals surface area contributed by atoms with Crippen LogP contribution in [0.3, 0.4) is 0 Å². The van der Waals surface area contributed by atoms with Gasteiger partial charge in [0.25, 0.3) is 0 Å². The van der Waals surface area contributed by atoms with Gasteiger partial charge in [0.15, 0.2) is 0 Å². The lowest BCUT2D eigenvalue weighted by Crippen LogP contribution is -2.43. The Kier molecular flexibility index (Phi) is 7.06. The fraction of sp³-hybridized carbons (Fsp3) is 0.520. The molecule has 5 atom stereocenters. The van der Waals surface area contributed by atoms with E-state index in [0.717, 1.165) is 30.8 Å². The molecule has 0 aromatic rings. The lowest BCUT2D eigenvalue weighted by molar-refractivity contribution is 0.0853. The summed E-state index contributed by atoms with van der Waals surface area (Å²) < 4.78 is 0. The van der Waals surface area contributed by atoms with Crippen LogP contribution >= 0.6 is 11.8 Å². The number of hydrogen-bond donors (Lipinski definition) is 4. The third-order valence-electron chi connectivity index (χ3n) is 6.55. The predicted molar refractivity (Wildman–Crippen MR) is 132 cm³/mol. The number of nitrogens with zero attached hydrogens (tertiary/aromatic N) is 2. The average molecular weight is 452 g/mol. The van der Waals surface area contributed by atoms with E-state index in [1.54, 1.807) is 0 Å². The number of aliphatic imine (C=N–C) groups is 1. The molecule has 0 radical (unpaired) electrons. The van der Waals surface area contributed by atoms with Crippen molar-refractivity contribution in [2.75, 3.05) is 13.1 Å². The number of thioether (sulfide) groups is 1. The first-order valence-electron chi connectivity index (χ1n) is 11.3. The van der Waals surface area contributed by atoms with Crippen molar-refractivity contribution in [3.8, 4) is 6.07 Å². The molecule has 32 heavy (non-hydrogen) atoms. The van der Waals surface area contributed by atoms with Gasteiger partial charge in [-0.3, -0.25) is 10.3 Å². The van der Waals surface area contributed by atoms with E-state index in [2.05, 4.69) is 52.2 Å². The number of hydrogen-bond acceptors (Lipinski definition) is 7. The zero-order chi connectivity index (χ0) is 22.7. The van der Waals surface area contributed by atoms with Crippen LogP contribution in [0, 0.1) is 22.7 Å². The predicted octanol–water partition coefficient (Wildman–Crippen LogP) is 3.14. The highest BCUT2D eigenvalue weighted by atomic mass is 32.2. The van der Waals surface area contributed by atoms with Gasteiger partial charge in [0.1, 0.15) is 11.6 Å². The summed E-state index contributed by atoms with van der Waals surface area (Å²) in [6.07, 6.45) is 15.5. The van der Waals surface area contributed by atoms with Crippen molar-refractivity contribution in [2.24, 2.45) is 16.3 Å². The largest absolute Gasteiger partial charge is 0.380 e. The molecular formula is C25H33N5OS. The van der Waals surface area contributed by atoms with Gasteiger partial charge in [-0.25, -0.2) is 0 Å². The van der Waals surface area contributed by atoms with Gasteiger partial charge in [0, 0.05) is 41.9 Å². The first-order valence-corrected chi connectivity index (χ1v) is 12.2. The van der Waals surface area contributed by atoms with E-state index < -0.39 is 11.6 Å². The van der Waals surface area contributed by atoms with Crippen LogP contribution in [-0.4, -0.2) is 48.1 Å². The zero-order valence-corrected chi connectivity index (χ0v) is 19.8. The molecule has 0 saturated heterocycles. The van der Waals surface area contributed by atoms with Gasteiger partial charge in [0.05, 0.1) is 17.5 Å². The second-order valence-corrected chi connectivity index (χ2v) is 10.6. The van der Waals surface area contributed by atoms with Crippen molar-refractivity contribution in [1.82, 2.24) is 16.0 Å². The average Bonchev–Trinajstić information content (AvgIpc) is 3.22. The highest BCUT2D eigenvalue weighted by Gasteiger charge is 2.31. The monoisotopic (exact) mass is 451 g/mol. The molecule has 0 fully saturated rings. The summed E-state index contributed by atoms with van der Waals surface area (Å²) in [5.74, 6) is -0.0455. The number of nitriles is 1. The van der Waals surface area contributed by atoms with E-state index >= 15 is 0 Å². The Bertz CT molecular complexity index is 952. The van der Waals surface area contributed by atoms with Gasteiger partial charge >= 0.3 is 0 Å². The number of nitrogens with one attached hydrogen (secondary N) is 3. The Labute approximate surface area is 195 Å². The Morgan fingerprint density at radius 1 is 1.41 bits per heavy atom. The molecule has 4 rings (SSSR count). The number of fused-ring (bicyclic) bond motifs is 1. The van der Waals surface area contributed by atoms with E-state index in [1.807, 2.05) is 50.1 Å². The Balaban J connectivity index is 1.33. The SMILES string of the molecule is CC1=CCC(NC(O)C2C=CC=C(C(C)(C)C#N)C2)C=C1NCC1=CC2NCC=NC2S1. The number of allylic oxidation sites excluding steroid dienone is 4. The molecule has 2 heterocycles. The minimum absolute atomic E-state index is 0.0455. The molecule has 4 N–H and O–H groups in total. The minimum atomic E-state index is -0.668. The first kappa shape index (κ1) is 23.1. The van der Waals surface area contributed by atoms with Crippen LogP contribution in [0.25, 0.3) is 0 Å². The van der Waals surface area contributed by atoms with Crippen molar-refractivity contribution < 1.29 is 5.11 Å². The Morgan fingerprint density at radius 3 is 3.03 bits per heavy atom. The fourth-order valence-corrected chi connectivity index (χ4v) is 5.55. The molecule has 4 aliphatic rings. The van der Waals surface area contributed by atoms with Crippen LogP contribution < -0.4 is 16.0 Å². The summed E-state index contributed by atoms with van der Waals surface area (Å²) in [5, 5.41) is 31.0. The molecule has 170 valence electrons. The fourth-order valence-electron chi connectivity index (χ4n) is 4.39. The molecule has 0 saturated carbocycles. The number of aliphatic hydroxyl groups is 1. The zero-order valence-electron chi connectivity index (χ0n) is 19.0. The van der Waals surface area contributed by atoms with E-state index in [-0.39, 0.29) is 17.3 Å². The lowest BCUT2D eigenvalue weighted by atomic mass is 9.78. The highest BCUT2D eigenvalue weighted by molar-refractivity contribution is 8.04. The van der Waals surface area contributed by atoms with E-state index in [4.69, 9.17) is 0 Å². The van der Waals surface area contributed by atoms with Crippen LogP contribution in [0.1, 0.15) is 33.6 Å². The van der Waals surface area contributed by atoms with Gasteiger partial charge in [-0.05, 0) is 50.8 Å². The third-order valence-corrected chi connectivity index (χ3v) is 7.79. The third kappa shape index (κ3) is 5.26. The normalized spacial score (nSPS) is 30.5. The highest BCUT2D eigenvalue weighted by Crippen LogP contribution is 2.35. The second-order valence-electron chi connectivity index (χ2n) is 9.36. The smallest absolute Gasteiger partial charge is 0.118 e. The van der Waals surface area contributed by atoms with E-state index in [1.165, 1.54) is 10.5 Å². The molecular weight excluding hydrogens is 418 g/mol. The van der Waals surface area contributed by atoms with Crippen LogP contribution in [0.2, 0.25) is 0 Å². The molecule has 5 unspecified atom stereocenters. The van der Waals surface area contributed by atoms with Gasteiger partial charge in [0.2, 0.25) is 0 Å². The Hall–Kier alpha value is -2.11. The van der Waals surface area contributed by atoms with Crippen molar-refractivity contribution in [2.45, 2.75) is 57.3 Å². The minimum Gasteiger partial charge on any atom is -0.380 e. The summed E-state index contributed by atoms with van der Waals surface area (Å²) in [6, 6.07) is 2.76. The molecule has 0 aromatic heterocycles. The van der Waals surface area contributed by atoms with Gasteiger partial charge < -0.3 is 15.7 Å². The molecule has 6 nitrogen and oxygen atoms in total. The van der Waals surface area contributed by atoms with E-state index in [9.17, 15) is 10.4 Å². The molecule has 0 spiro atoms. The molecule has 0 aromatic carbocycles. The van der Waals surface area contributed by atoms with Crippen molar-refractivity contribution in [3.05, 3.63) is 58.2 Å². The maximum absolute atomic E-state index is 10.9. The summed E-state index contributed by atoms with van der Waals surface area (Å²) in [4.78, 5) is 5.88. The molecule has 0 amide bonds. The standard InChI is InChI=1S/C25H33N5OS/c1-16-7-8-19(30-23(31)17-5-4-6-18(11-17)25(2,3)15-26)12-21(16)29-14-20-13-22-24(32-20)28-10-9-27-22/h4-7,10,12-13,17,19,22-24,27,29-31H,8-9,11,14H2,1-3H3. The van der Waals surface area contributed by atoms with Crippen LogP contribution in [0.4, 0.5) is 0 Å². The summed E-state index contributed by atoms with van der Waals surface area (Å²) in [7, 11) is 0. The van der Waals surface area contributed by atoms with Gasteiger partial charge in [-0.1, -0.05) is 42.1 Å². The molecule has 2 aliphatic carbocycles. The summed E-state index contributed by atoms with van der Waals surface area (Å²) >= 11 is 1.82. The van der Waals surface area contributed by atoms with Crippen molar-refractivity contribution in [3.63, 3.8) is 0 Å². The maximum Gasteiger partial charge on any atom is 0.118 e. The summed E-state index contributed by atoms with van der Waals surface area (Å²) in [5.41, 5.74) is 2.88. The number of aliphatic hydroxyl groups excluding tert-OH is 1. The van der Waals surface area contributed by atoms with Gasteiger partial charge in [-0.15, -0.1) is 0 Å². The van der Waals surface area contributed by atoms with Crippen LogP contribution in [0.5, 0.6) is 0 Å². The topological polar surface area (TPSA) is 92.5 Å². The van der Waals surface area contributed by atoms with Crippen molar-refractivity contribution >= 4 is 18.0 Å². The van der Waals surface area contributed by atoms with Crippen LogP contribution in [0.15, 0.2) is 63.2 Å². The second kappa shape index (κ2) is 9.80. The molecule has 2 aliphatic heterocycles.